The zero-order valence-electron chi connectivity index (χ0n) is 40.9. The minimum atomic E-state index is 1.05. The van der Waals surface area contributed by atoms with Crippen LogP contribution in [0.2, 0.25) is 0 Å². The van der Waals surface area contributed by atoms with Crippen molar-refractivity contribution in [2.24, 2.45) is 0 Å². The van der Waals surface area contributed by atoms with E-state index in [1.165, 1.54) is 52.8 Å². The Morgan fingerprint density at radius 3 is 1.33 bits per heavy atom. The van der Waals surface area contributed by atoms with Gasteiger partial charge in [-0.05, 0) is 143 Å². The minimum Gasteiger partial charge on any atom is -0.310 e. The second-order valence-corrected chi connectivity index (χ2v) is 20.1. The number of para-hydroxylation sites is 7. The summed E-state index contributed by atoms with van der Waals surface area (Å²) in [6.45, 7) is 0. The molecule has 12 aromatic carbocycles. The van der Waals surface area contributed by atoms with Gasteiger partial charge in [-0.15, -0.1) is 11.3 Å². The molecular weight excluding hydrogens is 929 g/mol. The maximum Gasteiger partial charge on any atom is 0.0702 e. The molecule has 0 amide bonds. The molecule has 0 bridgehead atoms. The molecule has 354 valence electrons. The molecule has 14 aromatic rings. The van der Waals surface area contributed by atoms with Crippen molar-refractivity contribution in [3.63, 3.8) is 0 Å². The Hall–Kier alpha value is -9.68. The van der Waals surface area contributed by atoms with Gasteiger partial charge in [0.2, 0.25) is 0 Å². The van der Waals surface area contributed by atoms with E-state index in [0.717, 1.165) is 68.0 Å². The molecule has 14 rings (SSSR count). The number of hydrogen-bond acceptors (Lipinski definition) is 4. The third-order valence-electron chi connectivity index (χ3n) is 14.5. The van der Waals surface area contributed by atoms with Gasteiger partial charge in [-0.25, -0.2) is 0 Å². The maximum absolute atomic E-state index is 2.45. The predicted molar refractivity (Wildman–Crippen MR) is 321 cm³/mol. The molecule has 2 aromatic heterocycles. The van der Waals surface area contributed by atoms with Gasteiger partial charge in [0.05, 0.1) is 22.4 Å². The number of benzene rings is 12. The highest BCUT2D eigenvalue weighted by Crippen LogP contribution is 2.49. The molecule has 0 fully saturated rings. The molecule has 0 atom stereocenters. The molecule has 0 aliphatic rings. The van der Waals surface area contributed by atoms with Crippen LogP contribution in [0.25, 0.3) is 69.6 Å². The van der Waals surface area contributed by atoms with E-state index in [2.05, 4.69) is 310 Å². The van der Waals surface area contributed by atoms with E-state index in [1.54, 1.807) is 0 Å². The zero-order valence-corrected chi connectivity index (χ0v) is 41.7. The predicted octanol–water partition coefficient (Wildman–Crippen LogP) is 20.4. The summed E-state index contributed by atoms with van der Waals surface area (Å²) < 4.78 is 4.89. The van der Waals surface area contributed by atoms with Gasteiger partial charge in [0.1, 0.15) is 0 Å². The van der Waals surface area contributed by atoms with Crippen molar-refractivity contribution in [2.75, 3.05) is 14.7 Å². The number of fused-ring (bicyclic) bond motifs is 7. The van der Waals surface area contributed by atoms with Gasteiger partial charge in [0.25, 0.3) is 0 Å². The molecule has 0 aliphatic carbocycles. The fourth-order valence-corrected chi connectivity index (χ4v) is 12.2. The molecule has 0 saturated carbocycles. The van der Waals surface area contributed by atoms with Crippen LogP contribution in [0.1, 0.15) is 0 Å². The smallest absolute Gasteiger partial charge is 0.0702 e. The second-order valence-electron chi connectivity index (χ2n) is 19.0. The fraction of sp³-hybridized carbons (Fsp3) is 0. The lowest BCUT2D eigenvalue weighted by Crippen LogP contribution is -2.16. The third kappa shape index (κ3) is 7.94. The summed E-state index contributed by atoms with van der Waals surface area (Å²) in [5.41, 5.74) is 15.6. The van der Waals surface area contributed by atoms with E-state index in [-0.39, 0.29) is 0 Å². The molecular formula is C70H48N4S. The Balaban J connectivity index is 0.942. The fourth-order valence-electron chi connectivity index (χ4n) is 11.1. The number of aromatic nitrogens is 1. The van der Waals surface area contributed by atoms with Gasteiger partial charge in [0, 0.05) is 76.4 Å². The van der Waals surface area contributed by atoms with Crippen molar-refractivity contribution >= 4 is 115 Å². The highest BCUT2D eigenvalue weighted by Gasteiger charge is 2.24. The molecule has 2 heterocycles. The van der Waals surface area contributed by atoms with Gasteiger partial charge in [-0.3, -0.25) is 0 Å². The lowest BCUT2D eigenvalue weighted by Gasteiger charge is -2.33. The van der Waals surface area contributed by atoms with Crippen molar-refractivity contribution in [1.82, 2.24) is 4.57 Å². The molecule has 75 heavy (non-hydrogen) atoms. The Labute approximate surface area is 440 Å². The lowest BCUT2D eigenvalue weighted by molar-refractivity contribution is 1.19. The van der Waals surface area contributed by atoms with Crippen molar-refractivity contribution in [1.29, 1.82) is 0 Å². The molecule has 0 aliphatic heterocycles. The Morgan fingerprint density at radius 2 is 0.707 bits per heavy atom. The van der Waals surface area contributed by atoms with Gasteiger partial charge in [-0.2, -0.15) is 0 Å². The van der Waals surface area contributed by atoms with E-state index in [9.17, 15) is 0 Å². The van der Waals surface area contributed by atoms with Gasteiger partial charge >= 0.3 is 0 Å². The summed E-state index contributed by atoms with van der Waals surface area (Å²) in [5, 5.41) is 7.41. The largest absolute Gasteiger partial charge is 0.310 e. The van der Waals surface area contributed by atoms with Crippen molar-refractivity contribution < 1.29 is 0 Å². The number of anilines is 9. The number of hydrogen-bond donors (Lipinski definition) is 0. The first-order chi connectivity index (χ1) is 37.2. The minimum absolute atomic E-state index is 1.05. The van der Waals surface area contributed by atoms with Crippen LogP contribution in [0.4, 0.5) is 51.2 Å². The summed E-state index contributed by atoms with van der Waals surface area (Å²) in [7, 11) is 0. The van der Waals surface area contributed by atoms with Crippen LogP contribution in [0.5, 0.6) is 0 Å². The van der Waals surface area contributed by atoms with Crippen LogP contribution < -0.4 is 14.7 Å². The van der Waals surface area contributed by atoms with Crippen LogP contribution in [0.15, 0.2) is 291 Å². The van der Waals surface area contributed by atoms with Crippen LogP contribution in [-0.4, -0.2) is 4.57 Å². The van der Waals surface area contributed by atoms with Gasteiger partial charge in [0.15, 0.2) is 0 Å². The summed E-state index contributed by atoms with van der Waals surface area (Å²) in [6, 6.07) is 106. The van der Waals surface area contributed by atoms with Crippen LogP contribution >= 0.6 is 11.3 Å². The Kier molecular flexibility index (Phi) is 11.0. The van der Waals surface area contributed by atoms with Gasteiger partial charge in [-0.1, -0.05) is 170 Å². The van der Waals surface area contributed by atoms with Crippen LogP contribution in [-0.2, 0) is 0 Å². The number of nitrogens with zero attached hydrogens (tertiary/aromatic N) is 4. The normalized spacial score (nSPS) is 11.5. The molecule has 5 heteroatoms. The number of rotatable bonds is 11. The first kappa shape index (κ1) is 44.1. The van der Waals surface area contributed by atoms with Gasteiger partial charge < -0.3 is 19.3 Å². The molecule has 0 N–H and O–H groups in total. The van der Waals surface area contributed by atoms with E-state index in [0.29, 0.717) is 0 Å². The van der Waals surface area contributed by atoms with E-state index >= 15 is 0 Å². The average molecular weight is 977 g/mol. The lowest BCUT2D eigenvalue weighted by atomic mass is 10.0. The molecule has 4 nitrogen and oxygen atoms in total. The second kappa shape index (κ2) is 18.7. The topological polar surface area (TPSA) is 14.7 Å². The molecule has 0 saturated heterocycles. The Bertz CT molecular complexity index is 4300. The summed E-state index contributed by atoms with van der Waals surface area (Å²) in [4.78, 5) is 7.16. The van der Waals surface area contributed by atoms with Crippen LogP contribution in [0.3, 0.4) is 0 Å². The first-order valence-corrected chi connectivity index (χ1v) is 26.3. The standard InChI is InChI=1S/C70H48N4S/c1-5-23-53(24-6-1)71(54-25-7-2-8-26-54)59-39-42-63-64-43-40-60(48-70(64)75-69(63)47-59)73(67-35-18-17-34-66(67)72(55-27-9-3-10-28-55)56-29-11-4-12-30-56)57-31-19-22-51(45-57)52-37-41-62-61-32-15-16-33-65(61)74(68(62)46-52)58-38-36-49-20-13-14-21-50(49)44-58/h1-48H. The van der Waals surface area contributed by atoms with Crippen LogP contribution in [0, 0.1) is 0 Å². The molecule has 0 unspecified atom stereocenters. The average Bonchev–Trinajstić information content (AvgIpc) is 4.03. The van der Waals surface area contributed by atoms with E-state index < -0.39 is 0 Å². The monoisotopic (exact) mass is 976 g/mol. The Morgan fingerprint density at radius 1 is 0.253 bits per heavy atom. The first-order valence-electron chi connectivity index (χ1n) is 25.5. The van der Waals surface area contributed by atoms with Crippen molar-refractivity contribution in [3.8, 4) is 16.8 Å². The highest BCUT2D eigenvalue weighted by molar-refractivity contribution is 7.25. The highest BCUT2D eigenvalue weighted by atomic mass is 32.1. The quantitative estimate of drug-likeness (QED) is 0.128. The van der Waals surface area contributed by atoms with Crippen molar-refractivity contribution in [3.05, 3.63) is 291 Å². The van der Waals surface area contributed by atoms with E-state index in [4.69, 9.17) is 0 Å². The summed E-state index contributed by atoms with van der Waals surface area (Å²) in [6.07, 6.45) is 0. The van der Waals surface area contributed by atoms with Crippen molar-refractivity contribution in [2.45, 2.75) is 0 Å². The molecule has 0 spiro atoms. The summed E-state index contributed by atoms with van der Waals surface area (Å²) in [5.74, 6) is 0. The van der Waals surface area contributed by atoms with E-state index in [1.807, 2.05) is 11.3 Å². The number of thiophene rings is 1. The third-order valence-corrected chi connectivity index (χ3v) is 15.6. The SMILES string of the molecule is c1ccc(N(c2ccccc2)c2ccc3c(c2)sc2cc(N(c4cccc(-c5ccc6c7ccccc7n(-c7ccc8ccccc8c7)c6c5)c4)c4ccccc4N(c4ccccc4)c4ccccc4)ccc23)cc1. The zero-order chi connectivity index (χ0) is 49.7. The maximum atomic E-state index is 2.45. The summed E-state index contributed by atoms with van der Waals surface area (Å²) >= 11 is 1.85. The molecule has 0 radical (unpaired) electrons.